The Balaban J connectivity index is 0.000000244. The monoisotopic (exact) mass is 607 g/mol. The number of anilines is 2. The van der Waals surface area contributed by atoms with Crippen LogP contribution in [0.15, 0.2) is 17.4 Å². The van der Waals surface area contributed by atoms with Crippen LogP contribution in [-0.2, 0) is 20.7 Å². The minimum absolute atomic E-state index is 0.146. The van der Waals surface area contributed by atoms with E-state index in [1.54, 1.807) is 40.3 Å². The lowest BCUT2D eigenvalue weighted by Gasteiger charge is -2.21. The van der Waals surface area contributed by atoms with Crippen molar-refractivity contribution >= 4 is 46.0 Å². The van der Waals surface area contributed by atoms with Crippen molar-refractivity contribution in [3.8, 4) is 11.9 Å². The zero-order chi connectivity index (χ0) is 33.0. The minimum atomic E-state index is -0.364. The van der Waals surface area contributed by atoms with Gasteiger partial charge in [0.1, 0.15) is 6.61 Å². The third-order valence-corrected chi connectivity index (χ3v) is 6.19. The van der Waals surface area contributed by atoms with Crippen LogP contribution in [0.2, 0.25) is 0 Å². The highest BCUT2D eigenvalue weighted by Crippen LogP contribution is 2.27. The summed E-state index contributed by atoms with van der Waals surface area (Å²) in [6.45, 7) is 19.4. The van der Waals surface area contributed by atoms with E-state index in [2.05, 4.69) is 40.5 Å². The molecular formula is C29H41N11O4. The number of aromatic nitrogens is 8. The molecule has 15 nitrogen and oxygen atoms in total. The van der Waals surface area contributed by atoms with E-state index >= 15 is 0 Å². The summed E-state index contributed by atoms with van der Waals surface area (Å²) in [6, 6.07) is 2.01. The minimum Gasteiger partial charge on any atom is -0.475 e. The summed E-state index contributed by atoms with van der Waals surface area (Å²) >= 11 is 0. The Labute approximate surface area is 255 Å². The summed E-state index contributed by atoms with van der Waals surface area (Å²) in [7, 11) is 0. The van der Waals surface area contributed by atoms with Crippen molar-refractivity contribution in [1.82, 2.24) is 39.0 Å². The van der Waals surface area contributed by atoms with Crippen molar-refractivity contribution in [2.75, 3.05) is 17.2 Å². The largest absolute Gasteiger partial charge is 0.475 e. The second kappa shape index (κ2) is 13.2. The fourth-order valence-electron chi connectivity index (χ4n) is 3.69. The normalized spacial score (nSPS) is 11.8. The number of carbonyl (C=O) groups is 2. The quantitative estimate of drug-likeness (QED) is 0.259. The summed E-state index contributed by atoms with van der Waals surface area (Å²) in [5.74, 6) is -0.194. The van der Waals surface area contributed by atoms with Gasteiger partial charge in [-0.2, -0.15) is 20.2 Å². The number of hydrogen-bond acceptors (Lipinski definition) is 10. The van der Waals surface area contributed by atoms with E-state index in [1.807, 2.05) is 56.7 Å². The number of hydrogen-bond donors (Lipinski definition) is 3. The highest BCUT2D eigenvalue weighted by molar-refractivity contribution is 5.92. The van der Waals surface area contributed by atoms with E-state index < -0.39 is 0 Å². The van der Waals surface area contributed by atoms with Crippen molar-refractivity contribution in [2.45, 2.75) is 86.7 Å². The van der Waals surface area contributed by atoms with Gasteiger partial charge in [0.15, 0.2) is 22.3 Å². The molecule has 0 atom stereocenters. The average Bonchev–Trinajstić information content (AvgIpc) is 3.54. The maximum atomic E-state index is 12.0. The molecule has 0 bridgehead atoms. The van der Waals surface area contributed by atoms with Crippen LogP contribution >= 0.6 is 0 Å². The van der Waals surface area contributed by atoms with Crippen LogP contribution in [0.4, 0.5) is 11.9 Å². The molecule has 4 heterocycles. The number of imidazole rings is 2. The fourth-order valence-corrected chi connectivity index (χ4v) is 3.69. The highest BCUT2D eigenvalue weighted by Gasteiger charge is 2.23. The Bertz CT molecular complexity index is 1750. The summed E-state index contributed by atoms with van der Waals surface area (Å²) in [6.07, 6.45) is 3.49. The van der Waals surface area contributed by atoms with E-state index in [4.69, 9.17) is 10.00 Å². The highest BCUT2D eigenvalue weighted by atomic mass is 16.5. The van der Waals surface area contributed by atoms with Crippen LogP contribution in [0.1, 0.15) is 75.7 Å². The Morgan fingerprint density at radius 3 is 1.93 bits per heavy atom. The predicted octanol–water partition coefficient (Wildman–Crippen LogP) is 3.94. The number of nitrogens with one attached hydrogen (secondary N) is 3. The maximum Gasteiger partial charge on any atom is 0.280 e. The zero-order valence-electron chi connectivity index (χ0n) is 26.9. The Morgan fingerprint density at radius 2 is 1.41 bits per heavy atom. The molecule has 2 amide bonds. The van der Waals surface area contributed by atoms with Gasteiger partial charge in [0.25, 0.3) is 5.56 Å². The van der Waals surface area contributed by atoms with E-state index in [0.29, 0.717) is 16.8 Å². The van der Waals surface area contributed by atoms with Crippen molar-refractivity contribution in [3.63, 3.8) is 0 Å². The van der Waals surface area contributed by atoms with Gasteiger partial charge in [0, 0.05) is 22.9 Å². The first-order valence-electron chi connectivity index (χ1n) is 14.3. The lowest BCUT2D eigenvalue weighted by atomic mass is 10.1. The van der Waals surface area contributed by atoms with Gasteiger partial charge in [-0.05, 0) is 41.5 Å². The molecule has 0 aromatic carbocycles. The molecule has 0 spiro atoms. The van der Waals surface area contributed by atoms with Crippen molar-refractivity contribution in [2.24, 2.45) is 11.8 Å². The van der Waals surface area contributed by atoms with E-state index in [1.165, 1.54) is 0 Å². The fraction of sp³-hybridized carbons (Fsp3) is 0.552. The number of amides is 2. The third kappa shape index (κ3) is 7.94. The molecule has 0 saturated heterocycles. The summed E-state index contributed by atoms with van der Waals surface area (Å²) in [5, 5.41) is 13.9. The molecule has 0 fully saturated rings. The number of ether oxygens (including phenoxy) is 1. The SMILES string of the molecule is CC(C)C(=O)Nc1nc(OCCC#N)c2ncn(C(C)(C)C)c2n1.CC(C)C(=O)Nc1nc2c(ncn2C(C)(C)C)c(=O)[nH]1. The summed E-state index contributed by atoms with van der Waals surface area (Å²) in [4.78, 5) is 59.5. The van der Waals surface area contributed by atoms with Gasteiger partial charge in [0.2, 0.25) is 29.6 Å². The molecule has 0 aliphatic carbocycles. The molecule has 0 aliphatic heterocycles. The Hall–Kier alpha value is -4.87. The van der Waals surface area contributed by atoms with Crippen LogP contribution < -0.4 is 20.9 Å². The van der Waals surface area contributed by atoms with Crippen LogP contribution in [0.25, 0.3) is 22.3 Å². The second-order valence-electron chi connectivity index (χ2n) is 12.7. The lowest BCUT2D eigenvalue weighted by molar-refractivity contribution is -0.119. The summed E-state index contributed by atoms with van der Waals surface area (Å²) < 4.78 is 9.27. The van der Waals surface area contributed by atoms with Gasteiger partial charge in [-0.3, -0.25) is 30.0 Å². The topological polar surface area (TPSA) is 198 Å². The van der Waals surface area contributed by atoms with Crippen LogP contribution in [0, 0.1) is 23.2 Å². The van der Waals surface area contributed by atoms with Gasteiger partial charge in [-0.15, -0.1) is 0 Å². The van der Waals surface area contributed by atoms with Crippen LogP contribution in [-0.4, -0.2) is 57.5 Å². The number of fused-ring (bicyclic) bond motifs is 2. The Kier molecular flexibility index (Phi) is 10.1. The second-order valence-corrected chi connectivity index (χ2v) is 12.7. The van der Waals surface area contributed by atoms with Gasteiger partial charge in [-0.1, -0.05) is 27.7 Å². The molecule has 0 saturated carbocycles. The first-order chi connectivity index (χ1) is 20.4. The van der Waals surface area contributed by atoms with Crippen molar-refractivity contribution in [3.05, 3.63) is 23.0 Å². The number of H-pyrrole nitrogens is 1. The molecular weight excluding hydrogens is 566 g/mol. The zero-order valence-corrected chi connectivity index (χ0v) is 26.9. The maximum absolute atomic E-state index is 12.0. The standard InChI is InChI=1S/C16H22N6O2.C13H19N5O2/c1-10(2)13(23)20-15-19-12-11(14(21-15)24-8-6-7-17)18-9-22(12)16(3,4)5;1-7(2)10(19)16-12-15-9-8(11(20)17-12)14-6-18(9)13(3,4)5/h9-10H,6,8H2,1-5H3,(H,19,20,21,23);6-7H,1-5H3,(H2,15,16,17,19,20). The summed E-state index contributed by atoms with van der Waals surface area (Å²) in [5.41, 5.74) is 0.940. The van der Waals surface area contributed by atoms with Gasteiger partial charge in [-0.25, -0.2) is 9.97 Å². The molecule has 0 radical (unpaired) electrons. The van der Waals surface area contributed by atoms with E-state index in [-0.39, 0.29) is 76.6 Å². The smallest absolute Gasteiger partial charge is 0.280 e. The molecule has 0 unspecified atom stereocenters. The van der Waals surface area contributed by atoms with Gasteiger partial charge in [0.05, 0.1) is 25.1 Å². The number of nitriles is 1. The number of aromatic amines is 1. The van der Waals surface area contributed by atoms with Crippen LogP contribution in [0.3, 0.4) is 0 Å². The predicted molar refractivity (Wildman–Crippen MR) is 166 cm³/mol. The number of nitrogens with zero attached hydrogens (tertiary/aromatic N) is 8. The van der Waals surface area contributed by atoms with E-state index in [9.17, 15) is 14.4 Å². The molecule has 4 rings (SSSR count). The number of rotatable bonds is 7. The van der Waals surface area contributed by atoms with Gasteiger partial charge >= 0.3 is 0 Å². The molecule has 15 heteroatoms. The first kappa shape index (κ1) is 33.6. The Morgan fingerprint density at radius 1 is 0.886 bits per heavy atom. The molecule has 3 N–H and O–H groups in total. The molecule has 44 heavy (non-hydrogen) atoms. The van der Waals surface area contributed by atoms with Gasteiger partial charge < -0.3 is 13.9 Å². The van der Waals surface area contributed by atoms with E-state index in [0.717, 1.165) is 0 Å². The lowest BCUT2D eigenvalue weighted by Crippen LogP contribution is -2.24. The van der Waals surface area contributed by atoms with Crippen molar-refractivity contribution in [1.29, 1.82) is 5.26 Å². The van der Waals surface area contributed by atoms with Crippen molar-refractivity contribution < 1.29 is 14.3 Å². The number of carbonyl (C=O) groups excluding carboxylic acids is 2. The molecule has 4 aromatic rings. The molecule has 236 valence electrons. The van der Waals surface area contributed by atoms with Crippen LogP contribution in [0.5, 0.6) is 5.88 Å². The molecule has 0 aliphatic rings. The molecule has 4 aromatic heterocycles. The first-order valence-corrected chi connectivity index (χ1v) is 14.3. The average molecular weight is 608 g/mol. The third-order valence-electron chi connectivity index (χ3n) is 6.19.